The summed E-state index contributed by atoms with van der Waals surface area (Å²) in [5.41, 5.74) is 0.863. The predicted molar refractivity (Wildman–Crippen MR) is 83.5 cm³/mol. The Morgan fingerprint density at radius 2 is 2.20 bits per heavy atom. The smallest absolute Gasteiger partial charge is 0.120 e. The van der Waals surface area contributed by atoms with Crippen LogP contribution in [-0.4, -0.2) is 12.2 Å². The Morgan fingerprint density at radius 1 is 1.35 bits per heavy atom. The molecule has 0 fully saturated rings. The van der Waals surface area contributed by atoms with Gasteiger partial charge in [0.1, 0.15) is 11.5 Å². The molecule has 0 aliphatic rings. The maximum Gasteiger partial charge on any atom is 0.120 e. The van der Waals surface area contributed by atoms with Crippen LogP contribution in [0.2, 0.25) is 0 Å². The second-order valence-electron chi connectivity index (χ2n) is 4.73. The number of thiophene rings is 1. The number of hydrogen-bond acceptors (Lipinski definition) is 4. The van der Waals surface area contributed by atoms with E-state index in [1.165, 1.54) is 4.88 Å². The van der Waals surface area contributed by atoms with E-state index in [-0.39, 0.29) is 0 Å². The zero-order valence-electron chi connectivity index (χ0n) is 11.9. The van der Waals surface area contributed by atoms with E-state index in [0.717, 1.165) is 24.2 Å². The fourth-order valence-corrected chi connectivity index (χ4v) is 3.02. The van der Waals surface area contributed by atoms with Gasteiger partial charge in [-0.15, -0.1) is 11.3 Å². The van der Waals surface area contributed by atoms with Crippen molar-refractivity contribution in [3.63, 3.8) is 0 Å². The first kappa shape index (κ1) is 14.9. The van der Waals surface area contributed by atoms with Crippen LogP contribution in [0.4, 0.5) is 0 Å². The molecule has 0 spiro atoms. The molecule has 0 saturated carbocycles. The number of methoxy groups -OCH3 is 1. The number of ether oxygens (including phenoxy) is 1. The molecule has 2 N–H and O–H groups in total. The van der Waals surface area contributed by atoms with Gasteiger partial charge in [-0.1, -0.05) is 19.4 Å². The summed E-state index contributed by atoms with van der Waals surface area (Å²) in [6.45, 7) is 2.82. The lowest BCUT2D eigenvalue weighted by atomic mass is 10.1. The average Bonchev–Trinajstić information content (AvgIpc) is 2.99. The molecule has 1 atom stereocenters. The molecule has 4 heteroatoms. The molecule has 1 aromatic carbocycles. The summed E-state index contributed by atoms with van der Waals surface area (Å²) in [5.74, 6) is 1.07. The largest absolute Gasteiger partial charge is 0.508 e. The van der Waals surface area contributed by atoms with Gasteiger partial charge in [-0.05, 0) is 36.1 Å². The summed E-state index contributed by atoms with van der Waals surface area (Å²) in [7, 11) is 1.63. The van der Waals surface area contributed by atoms with E-state index in [1.54, 1.807) is 30.6 Å². The van der Waals surface area contributed by atoms with Gasteiger partial charge in [-0.25, -0.2) is 0 Å². The van der Waals surface area contributed by atoms with Crippen LogP contribution >= 0.6 is 11.3 Å². The van der Waals surface area contributed by atoms with Crippen molar-refractivity contribution in [2.24, 2.45) is 0 Å². The van der Waals surface area contributed by atoms with E-state index >= 15 is 0 Å². The molecule has 108 valence electrons. The monoisotopic (exact) mass is 291 g/mol. The van der Waals surface area contributed by atoms with Crippen LogP contribution in [0.15, 0.2) is 35.7 Å². The van der Waals surface area contributed by atoms with Crippen LogP contribution < -0.4 is 10.1 Å². The zero-order chi connectivity index (χ0) is 14.4. The number of rotatable bonds is 7. The van der Waals surface area contributed by atoms with Gasteiger partial charge in [0.25, 0.3) is 0 Å². The Labute approximate surface area is 124 Å². The van der Waals surface area contributed by atoms with Crippen molar-refractivity contribution in [1.29, 1.82) is 0 Å². The van der Waals surface area contributed by atoms with Gasteiger partial charge in [0.05, 0.1) is 7.11 Å². The molecular formula is C16H21NO2S. The summed E-state index contributed by atoms with van der Waals surface area (Å²) >= 11 is 1.77. The third kappa shape index (κ3) is 3.74. The summed E-state index contributed by atoms with van der Waals surface area (Å²) in [4.78, 5) is 1.34. The highest BCUT2D eigenvalue weighted by Gasteiger charge is 2.12. The molecule has 1 unspecified atom stereocenters. The minimum Gasteiger partial charge on any atom is -0.508 e. The van der Waals surface area contributed by atoms with Crippen LogP contribution in [0.1, 0.15) is 36.2 Å². The van der Waals surface area contributed by atoms with Crippen molar-refractivity contribution in [2.75, 3.05) is 7.11 Å². The van der Waals surface area contributed by atoms with Crippen molar-refractivity contribution < 1.29 is 9.84 Å². The maximum atomic E-state index is 9.91. The number of hydrogen-bond donors (Lipinski definition) is 2. The minimum absolute atomic E-state index is 0.305. The highest BCUT2D eigenvalue weighted by atomic mass is 32.1. The molecule has 0 aliphatic carbocycles. The van der Waals surface area contributed by atoms with E-state index < -0.39 is 0 Å². The van der Waals surface area contributed by atoms with Gasteiger partial charge in [0, 0.05) is 23.0 Å². The van der Waals surface area contributed by atoms with E-state index in [2.05, 4.69) is 29.8 Å². The molecule has 3 nitrogen and oxygen atoms in total. The van der Waals surface area contributed by atoms with E-state index in [4.69, 9.17) is 4.74 Å². The molecule has 0 amide bonds. The normalized spacial score (nSPS) is 12.3. The van der Waals surface area contributed by atoms with Crippen LogP contribution in [-0.2, 0) is 6.54 Å². The Bertz CT molecular complexity index is 525. The van der Waals surface area contributed by atoms with Gasteiger partial charge < -0.3 is 15.2 Å². The molecule has 0 saturated heterocycles. The Kier molecular flexibility index (Phi) is 5.44. The minimum atomic E-state index is 0.305. The highest BCUT2D eigenvalue weighted by molar-refractivity contribution is 7.10. The average molecular weight is 291 g/mol. The lowest BCUT2D eigenvalue weighted by molar-refractivity contribution is 0.408. The van der Waals surface area contributed by atoms with E-state index in [1.807, 2.05) is 6.07 Å². The molecule has 2 rings (SSSR count). The summed E-state index contributed by atoms with van der Waals surface area (Å²) in [6, 6.07) is 9.89. The SMILES string of the molecule is CCCC(NCc1cc(OC)ccc1O)c1cccs1. The molecule has 0 bridgehead atoms. The van der Waals surface area contributed by atoms with E-state index in [0.29, 0.717) is 18.3 Å². The number of aromatic hydroxyl groups is 1. The first-order valence-electron chi connectivity index (χ1n) is 6.87. The molecule has 1 aromatic heterocycles. The van der Waals surface area contributed by atoms with Crippen LogP contribution in [0.3, 0.4) is 0 Å². The van der Waals surface area contributed by atoms with Gasteiger partial charge in [-0.3, -0.25) is 0 Å². The fraction of sp³-hybridized carbons (Fsp3) is 0.375. The first-order chi connectivity index (χ1) is 9.74. The van der Waals surface area contributed by atoms with Crippen molar-refractivity contribution in [3.05, 3.63) is 46.2 Å². The predicted octanol–water partition coefficient (Wildman–Crippen LogP) is 4.09. The van der Waals surface area contributed by atoms with Gasteiger partial charge in [-0.2, -0.15) is 0 Å². The topological polar surface area (TPSA) is 41.5 Å². The number of benzene rings is 1. The lowest BCUT2D eigenvalue weighted by Crippen LogP contribution is -2.20. The fourth-order valence-electron chi connectivity index (χ4n) is 2.19. The second-order valence-corrected chi connectivity index (χ2v) is 5.71. The Hall–Kier alpha value is -1.52. The lowest BCUT2D eigenvalue weighted by Gasteiger charge is -2.17. The van der Waals surface area contributed by atoms with Gasteiger partial charge in [0.15, 0.2) is 0 Å². The second kappa shape index (κ2) is 7.31. The van der Waals surface area contributed by atoms with Crippen LogP contribution in [0, 0.1) is 0 Å². The van der Waals surface area contributed by atoms with Gasteiger partial charge in [0.2, 0.25) is 0 Å². The molecule has 0 aliphatic heterocycles. The highest BCUT2D eigenvalue weighted by Crippen LogP contribution is 2.26. The van der Waals surface area contributed by atoms with Crippen LogP contribution in [0.25, 0.3) is 0 Å². The quantitative estimate of drug-likeness (QED) is 0.807. The molecule has 1 heterocycles. The number of phenols is 1. The first-order valence-corrected chi connectivity index (χ1v) is 7.75. The maximum absolute atomic E-state index is 9.91. The summed E-state index contributed by atoms with van der Waals surface area (Å²) in [6.07, 6.45) is 2.21. The van der Waals surface area contributed by atoms with Crippen molar-refractivity contribution in [1.82, 2.24) is 5.32 Å². The standard InChI is InChI=1S/C16H21NO2S/c1-3-5-14(16-6-4-9-20-16)17-11-12-10-13(19-2)7-8-15(12)18/h4,6-10,14,17-18H,3,5,11H2,1-2H3. The third-order valence-electron chi connectivity index (χ3n) is 3.29. The van der Waals surface area contributed by atoms with Crippen molar-refractivity contribution >= 4 is 11.3 Å². The Balaban J connectivity index is 2.05. The zero-order valence-corrected chi connectivity index (χ0v) is 12.7. The molecule has 0 radical (unpaired) electrons. The van der Waals surface area contributed by atoms with Crippen LogP contribution in [0.5, 0.6) is 11.5 Å². The summed E-state index contributed by atoms with van der Waals surface area (Å²) in [5, 5.41) is 15.5. The van der Waals surface area contributed by atoms with Crippen molar-refractivity contribution in [3.8, 4) is 11.5 Å². The Morgan fingerprint density at radius 3 is 2.85 bits per heavy atom. The third-order valence-corrected chi connectivity index (χ3v) is 4.28. The molecule has 2 aromatic rings. The van der Waals surface area contributed by atoms with E-state index in [9.17, 15) is 5.11 Å². The summed E-state index contributed by atoms with van der Waals surface area (Å²) < 4.78 is 5.20. The van der Waals surface area contributed by atoms with Gasteiger partial charge >= 0.3 is 0 Å². The number of phenolic OH excluding ortho intramolecular Hbond substituents is 1. The number of nitrogens with one attached hydrogen (secondary N) is 1. The molecule has 20 heavy (non-hydrogen) atoms. The molecular weight excluding hydrogens is 270 g/mol. The van der Waals surface area contributed by atoms with Crippen molar-refractivity contribution in [2.45, 2.75) is 32.4 Å².